The first-order chi connectivity index (χ1) is 11.8. The third kappa shape index (κ3) is 4.25. The monoisotopic (exact) mass is 357 g/mol. The molecule has 2 aromatic rings. The molecule has 0 aromatic carbocycles. The van der Waals surface area contributed by atoms with Crippen molar-refractivity contribution >= 4 is 0 Å². The van der Waals surface area contributed by atoms with E-state index < -0.39 is 12.1 Å². The summed E-state index contributed by atoms with van der Waals surface area (Å²) in [5.74, 6) is -1.03. The zero-order chi connectivity index (χ0) is 18.0. The van der Waals surface area contributed by atoms with Crippen molar-refractivity contribution in [2.45, 2.75) is 39.0 Å². The van der Waals surface area contributed by atoms with Crippen molar-refractivity contribution in [3.05, 3.63) is 40.2 Å². The van der Waals surface area contributed by atoms with Gasteiger partial charge in [0.25, 0.3) is 5.56 Å². The summed E-state index contributed by atoms with van der Waals surface area (Å²) in [5, 5.41) is 6.48. The third-order valence-corrected chi connectivity index (χ3v) is 4.30. The first-order valence-corrected chi connectivity index (χ1v) is 7.96. The number of hydrogen-bond donors (Lipinski definition) is 0. The van der Waals surface area contributed by atoms with Crippen molar-refractivity contribution in [1.29, 1.82) is 0 Å². The van der Waals surface area contributed by atoms with Gasteiger partial charge in [-0.05, 0) is 38.8 Å². The van der Waals surface area contributed by atoms with Crippen LogP contribution in [0.5, 0.6) is 0 Å². The van der Waals surface area contributed by atoms with Crippen molar-refractivity contribution < 1.29 is 17.6 Å². The SMILES string of the molecule is Cc1cncn(CC2CCN(Cc3nnc(C(F)(F)F)o3)CC2)c1=O. The van der Waals surface area contributed by atoms with Crippen LogP contribution in [0.15, 0.2) is 21.7 Å². The van der Waals surface area contributed by atoms with Gasteiger partial charge in [-0.2, -0.15) is 13.2 Å². The van der Waals surface area contributed by atoms with Crippen LogP contribution in [-0.4, -0.2) is 37.7 Å². The topological polar surface area (TPSA) is 77.1 Å². The van der Waals surface area contributed by atoms with Gasteiger partial charge in [0.05, 0.1) is 12.9 Å². The van der Waals surface area contributed by atoms with Crippen molar-refractivity contribution in [3.63, 3.8) is 0 Å². The number of piperidine rings is 1. The van der Waals surface area contributed by atoms with Gasteiger partial charge < -0.3 is 4.42 Å². The summed E-state index contributed by atoms with van der Waals surface area (Å²) in [6, 6.07) is 0. The van der Waals surface area contributed by atoms with Crippen molar-refractivity contribution in [3.8, 4) is 0 Å². The summed E-state index contributed by atoms with van der Waals surface area (Å²) in [6.07, 6.45) is 0.133. The number of halogens is 3. The van der Waals surface area contributed by atoms with E-state index in [1.54, 1.807) is 24.0 Å². The van der Waals surface area contributed by atoms with E-state index in [1.807, 2.05) is 4.90 Å². The molecular weight excluding hydrogens is 339 g/mol. The molecule has 0 N–H and O–H groups in total. The number of likely N-dealkylation sites (tertiary alicyclic amines) is 1. The van der Waals surface area contributed by atoms with Crippen LogP contribution in [0.25, 0.3) is 0 Å². The summed E-state index contributed by atoms with van der Waals surface area (Å²) in [4.78, 5) is 18.0. The predicted octanol–water partition coefficient (Wildman–Crippen LogP) is 1.87. The minimum Gasteiger partial charge on any atom is -0.416 e. The lowest BCUT2D eigenvalue weighted by Gasteiger charge is -2.31. The maximum absolute atomic E-state index is 12.5. The zero-order valence-corrected chi connectivity index (χ0v) is 13.7. The molecule has 3 heterocycles. The molecule has 25 heavy (non-hydrogen) atoms. The minimum absolute atomic E-state index is 0.0371. The first kappa shape index (κ1) is 17.6. The zero-order valence-electron chi connectivity index (χ0n) is 13.7. The fourth-order valence-electron chi connectivity index (χ4n) is 2.92. The van der Waals surface area contributed by atoms with E-state index >= 15 is 0 Å². The Balaban J connectivity index is 1.53. The van der Waals surface area contributed by atoms with Crippen LogP contribution in [0, 0.1) is 12.8 Å². The van der Waals surface area contributed by atoms with Crippen LogP contribution < -0.4 is 5.56 Å². The van der Waals surface area contributed by atoms with E-state index in [9.17, 15) is 18.0 Å². The third-order valence-electron chi connectivity index (χ3n) is 4.30. The van der Waals surface area contributed by atoms with Crippen LogP contribution >= 0.6 is 0 Å². The molecule has 0 amide bonds. The molecule has 2 aromatic heterocycles. The molecule has 0 radical (unpaired) electrons. The number of rotatable bonds is 4. The first-order valence-electron chi connectivity index (χ1n) is 7.96. The number of aryl methyl sites for hydroxylation is 1. The van der Waals surface area contributed by atoms with E-state index in [1.165, 1.54) is 0 Å². The number of aromatic nitrogens is 4. The second-order valence-electron chi connectivity index (χ2n) is 6.25. The smallest absolute Gasteiger partial charge is 0.416 e. The van der Waals surface area contributed by atoms with E-state index in [-0.39, 0.29) is 18.0 Å². The van der Waals surface area contributed by atoms with E-state index in [0.717, 1.165) is 12.8 Å². The summed E-state index contributed by atoms with van der Waals surface area (Å²) < 4.78 is 43.6. The summed E-state index contributed by atoms with van der Waals surface area (Å²) in [5.41, 5.74) is 0.569. The van der Waals surface area contributed by atoms with Crippen molar-refractivity contribution in [2.24, 2.45) is 5.92 Å². The Morgan fingerprint density at radius 1 is 1.28 bits per heavy atom. The standard InChI is InChI=1S/C15H18F3N5O2/c1-10-6-19-9-23(13(10)24)7-11-2-4-22(5-3-11)8-12-20-21-14(25-12)15(16,17)18/h6,9,11H,2-5,7-8H2,1H3. The van der Waals surface area contributed by atoms with Crippen LogP contribution in [0.4, 0.5) is 13.2 Å². The molecule has 1 fully saturated rings. The van der Waals surface area contributed by atoms with Gasteiger partial charge in [0.15, 0.2) is 0 Å². The van der Waals surface area contributed by atoms with Crippen LogP contribution in [0.1, 0.15) is 30.2 Å². The Morgan fingerprint density at radius 3 is 2.64 bits per heavy atom. The second kappa shape index (κ2) is 6.95. The Labute approximate surface area is 141 Å². The highest BCUT2D eigenvalue weighted by molar-refractivity contribution is 5.00. The lowest BCUT2D eigenvalue weighted by Crippen LogP contribution is -2.36. The van der Waals surface area contributed by atoms with Gasteiger partial charge in [0.1, 0.15) is 0 Å². The predicted molar refractivity (Wildman–Crippen MR) is 80.5 cm³/mol. The molecule has 1 aliphatic rings. The lowest BCUT2D eigenvalue weighted by molar-refractivity contribution is -0.157. The normalized spacial score (nSPS) is 17.1. The minimum atomic E-state index is -4.62. The quantitative estimate of drug-likeness (QED) is 0.831. The maximum atomic E-state index is 12.5. The highest BCUT2D eigenvalue weighted by atomic mass is 19.4. The fourth-order valence-corrected chi connectivity index (χ4v) is 2.92. The number of hydrogen-bond acceptors (Lipinski definition) is 6. The highest BCUT2D eigenvalue weighted by Crippen LogP contribution is 2.28. The molecule has 0 unspecified atom stereocenters. The molecule has 0 saturated carbocycles. The van der Waals surface area contributed by atoms with E-state index in [0.29, 0.717) is 31.1 Å². The molecule has 1 saturated heterocycles. The molecular formula is C15H18F3N5O2. The Bertz CT molecular complexity index is 778. The fraction of sp³-hybridized carbons (Fsp3) is 0.600. The van der Waals surface area contributed by atoms with Crippen molar-refractivity contribution in [2.75, 3.05) is 13.1 Å². The van der Waals surface area contributed by atoms with E-state index in [4.69, 9.17) is 0 Å². The average molecular weight is 357 g/mol. The molecule has 3 rings (SSSR count). The van der Waals surface area contributed by atoms with Gasteiger partial charge in [-0.15, -0.1) is 10.2 Å². The van der Waals surface area contributed by atoms with Crippen molar-refractivity contribution in [1.82, 2.24) is 24.6 Å². The Morgan fingerprint density at radius 2 is 2.00 bits per heavy atom. The lowest BCUT2D eigenvalue weighted by atomic mass is 9.96. The molecule has 10 heteroatoms. The number of alkyl halides is 3. The molecule has 0 bridgehead atoms. The van der Waals surface area contributed by atoms with Gasteiger partial charge in [-0.25, -0.2) is 4.98 Å². The summed E-state index contributed by atoms with van der Waals surface area (Å²) in [7, 11) is 0. The maximum Gasteiger partial charge on any atom is 0.470 e. The Hall–Kier alpha value is -2.23. The number of nitrogens with zero attached hydrogens (tertiary/aromatic N) is 5. The van der Waals surface area contributed by atoms with Crippen LogP contribution in [0.2, 0.25) is 0 Å². The van der Waals surface area contributed by atoms with Gasteiger partial charge in [-0.3, -0.25) is 14.3 Å². The summed E-state index contributed by atoms with van der Waals surface area (Å²) >= 11 is 0. The van der Waals surface area contributed by atoms with Gasteiger partial charge in [-0.1, -0.05) is 0 Å². The van der Waals surface area contributed by atoms with Crippen LogP contribution in [-0.2, 0) is 19.3 Å². The Kier molecular flexibility index (Phi) is 4.89. The molecule has 136 valence electrons. The molecule has 0 atom stereocenters. The van der Waals surface area contributed by atoms with Gasteiger partial charge in [0.2, 0.25) is 5.89 Å². The highest BCUT2D eigenvalue weighted by Gasteiger charge is 2.38. The average Bonchev–Trinajstić information content (AvgIpc) is 3.02. The molecule has 0 aliphatic carbocycles. The molecule has 1 aliphatic heterocycles. The second-order valence-corrected chi connectivity index (χ2v) is 6.25. The molecule has 0 spiro atoms. The molecule has 7 nitrogen and oxygen atoms in total. The van der Waals surface area contributed by atoms with E-state index in [2.05, 4.69) is 19.6 Å². The van der Waals surface area contributed by atoms with Gasteiger partial charge >= 0.3 is 12.1 Å². The largest absolute Gasteiger partial charge is 0.470 e. The van der Waals surface area contributed by atoms with Gasteiger partial charge in [0, 0.05) is 18.3 Å². The summed E-state index contributed by atoms with van der Waals surface area (Å²) in [6.45, 7) is 3.92. The van der Waals surface area contributed by atoms with Crippen LogP contribution in [0.3, 0.4) is 0 Å².